The van der Waals surface area contributed by atoms with Crippen molar-refractivity contribution < 1.29 is 15.0 Å². The summed E-state index contributed by atoms with van der Waals surface area (Å²) in [6.07, 6.45) is 12.3. The Morgan fingerprint density at radius 3 is 2.38 bits per heavy atom. The van der Waals surface area contributed by atoms with Gasteiger partial charge in [-0.1, -0.05) is 52.0 Å². The van der Waals surface area contributed by atoms with Crippen LogP contribution in [0.15, 0.2) is 17.7 Å². The van der Waals surface area contributed by atoms with Crippen molar-refractivity contribution in [3.05, 3.63) is 33.7 Å². The highest BCUT2D eigenvalue weighted by Gasteiger charge is 2.73. The number of phenolic OH excluding ortho intramolecular Hbond substituents is 2. The number of phenols is 2. The number of likely N-dealkylation sites (N-methyl/N-ethyl adjacent to an activating group) is 1. The number of amides is 1. The van der Waals surface area contributed by atoms with E-state index in [-0.39, 0.29) is 38.6 Å². The molecule has 0 spiro atoms. The minimum absolute atomic E-state index is 0.00695. The molecule has 7 atom stereocenters. The molecule has 1 amide bonds. The number of nitrogens with zero attached hydrogens (tertiary/aromatic N) is 2. The molecule has 0 bridgehead atoms. The molecule has 39 heavy (non-hydrogen) atoms. The summed E-state index contributed by atoms with van der Waals surface area (Å²) in [5.74, 6) is 1.36. The van der Waals surface area contributed by atoms with Gasteiger partial charge in [0.2, 0.25) is 5.91 Å². The predicted molar refractivity (Wildman–Crippen MR) is 155 cm³/mol. The van der Waals surface area contributed by atoms with E-state index in [9.17, 15) is 15.0 Å². The summed E-state index contributed by atoms with van der Waals surface area (Å²) >= 11 is 0. The van der Waals surface area contributed by atoms with Crippen LogP contribution in [0.1, 0.15) is 78.2 Å². The number of allylic oxidation sites excluding steroid dienone is 2. The van der Waals surface area contributed by atoms with E-state index in [0.717, 1.165) is 69.1 Å². The quantitative estimate of drug-likeness (QED) is 0.532. The number of carbonyl (C=O) groups is 1. The number of piperazine rings is 1. The number of benzene rings is 1. The van der Waals surface area contributed by atoms with Gasteiger partial charge in [0.1, 0.15) is 0 Å². The van der Waals surface area contributed by atoms with Crippen molar-refractivity contribution in [2.24, 2.45) is 33.5 Å². The number of fused-ring (bicyclic) bond motifs is 8. The van der Waals surface area contributed by atoms with Crippen LogP contribution in [-0.4, -0.2) is 59.1 Å². The van der Waals surface area contributed by atoms with Crippen LogP contribution >= 0.6 is 0 Å². The van der Waals surface area contributed by atoms with E-state index < -0.39 is 0 Å². The molecular formula is C34H46N2O3. The molecule has 1 aromatic carbocycles. The van der Waals surface area contributed by atoms with Gasteiger partial charge in [-0.25, -0.2) is 0 Å². The van der Waals surface area contributed by atoms with Gasteiger partial charge in [-0.15, -0.1) is 0 Å². The van der Waals surface area contributed by atoms with Crippen LogP contribution in [0.25, 0.3) is 12.7 Å². The predicted octanol–water partition coefficient (Wildman–Crippen LogP) is 4.28. The standard InChI is InChI=1S/C34H46N2O3/c1-21-23-7-8-26-31(3,24(23)17-25(37)28(21)38)10-12-33(5)27-20-34(29(39)36-15-13-35(6)14-16-36)19-22(34)18-30(27,2)9-11-32(26,33)4/h7-8,17,22,27,37-38H,1,9-16,18-20H2,2-6H3. The molecule has 4 saturated carbocycles. The second-order valence-corrected chi connectivity index (χ2v) is 15.3. The molecule has 1 saturated heterocycles. The second kappa shape index (κ2) is 7.72. The number of aromatic hydroxyl groups is 2. The first-order chi connectivity index (χ1) is 18.3. The van der Waals surface area contributed by atoms with Crippen molar-refractivity contribution in [3.8, 4) is 11.5 Å². The molecule has 6 aliphatic rings. The summed E-state index contributed by atoms with van der Waals surface area (Å²) in [6, 6.07) is 1.79. The van der Waals surface area contributed by atoms with E-state index in [1.165, 1.54) is 18.4 Å². The zero-order valence-electron chi connectivity index (χ0n) is 24.6. The largest absolute Gasteiger partial charge is 0.504 e. The molecule has 5 heteroatoms. The highest BCUT2D eigenvalue weighted by molar-refractivity contribution is 5.86. The minimum atomic E-state index is -0.201. The average molecular weight is 531 g/mol. The van der Waals surface area contributed by atoms with Crippen molar-refractivity contribution in [2.75, 3.05) is 33.2 Å². The molecule has 7 rings (SSSR count). The van der Waals surface area contributed by atoms with E-state index >= 15 is 0 Å². The van der Waals surface area contributed by atoms with Crippen LogP contribution in [0.5, 0.6) is 11.5 Å². The Bertz CT molecular complexity index is 1420. The lowest BCUT2D eigenvalue weighted by Crippen LogP contribution is -2.63. The molecule has 0 aromatic heterocycles. The molecule has 5 nitrogen and oxygen atoms in total. The molecule has 1 aliphatic heterocycles. The van der Waals surface area contributed by atoms with Crippen molar-refractivity contribution >= 4 is 18.6 Å². The molecular weight excluding hydrogens is 484 g/mol. The molecule has 5 aliphatic carbocycles. The zero-order chi connectivity index (χ0) is 27.8. The number of carbonyl (C=O) groups excluding carboxylic acids is 1. The van der Waals surface area contributed by atoms with Crippen molar-refractivity contribution in [1.82, 2.24) is 9.80 Å². The number of hydrogen-bond acceptors (Lipinski definition) is 4. The third-order valence-corrected chi connectivity index (χ3v) is 13.6. The van der Waals surface area contributed by atoms with Crippen molar-refractivity contribution in [2.45, 2.75) is 78.1 Å². The van der Waals surface area contributed by atoms with Gasteiger partial charge in [-0.05, 0) is 96.9 Å². The Hall–Kier alpha value is -2.27. The van der Waals surface area contributed by atoms with Gasteiger partial charge in [0.05, 0.1) is 5.41 Å². The Labute approximate surface area is 233 Å². The van der Waals surface area contributed by atoms with E-state index in [1.54, 1.807) is 6.07 Å². The topological polar surface area (TPSA) is 64.0 Å². The normalized spacial score (nSPS) is 44.5. The Kier molecular flexibility index (Phi) is 5.08. The van der Waals surface area contributed by atoms with Crippen LogP contribution in [0, 0.1) is 33.5 Å². The third kappa shape index (κ3) is 3.09. The molecule has 1 heterocycles. The van der Waals surface area contributed by atoms with Gasteiger partial charge >= 0.3 is 0 Å². The first-order valence-electron chi connectivity index (χ1n) is 15.2. The smallest absolute Gasteiger partial charge is 0.229 e. The van der Waals surface area contributed by atoms with Gasteiger partial charge in [-0.2, -0.15) is 0 Å². The molecule has 2 N–H and O–H groups in total. The zero-order valence-corrected chi connectivity index (χ0v) is 24.6. The molecule has 0 radical (unpaired) electrons. The maximum Gasteiger partial charge on any atom is 0.229 e. The van der Waals surface area contributed by atoms with Gasteiger partial charge in [0, 0.05) is 36.8 Å². The van der Waals surface area contributed by atoms with Gasteiger partial charge in [-0.3, -0.25) is 4.79 Å². The van der Waals surface area contributed by atoms with Crippen molar-refractivity contribution in [3.63, 3.8) is 0 Å². The Morgan fingerprint density at radius 1 is 0.949 bits per heavy atom. The summed E-state index contributed by atoms with van der Waals surface area (Å²) in [5, 5.41) is 22.4. The maximum atomic E-state index is 14.1. The Morgan fingerprint density at radius 2 is 1.67 bits per heavy atom. The highest BCUT2D eigenvalue weighted by Crippen LogP contribution is 2.78. The van der Waals surface area contributed by atoms with Crippen molar-refractivity contribution in [1.29, 1.82) is 0 Å². The summed E-state index contributed by atoms with van der Waals surface area (Å²) in [6.45, 7) is 17.8. The van der Waals surface area contributed by atoms with E-state index in [0.29, 0.717) is 23.0 Å². The minimum Gasteiger partial charge on any atom is -0.504 e. The third-order valence-electron chi connectivity index (χ3n) is 13.6. The van der Waals surface area contributed by atoms with Crippen LogP contribution in [0.3, 0.4) is 0 Å². The van der Waals surface area contributed by atoms with Crippen LogP contribution in [0.2, 0.25) is 0 Å². The van der Waals surface area contributed by atoms with Crippen LogP contribution in [-0.2, 0) is 10.2 Å². The fourth-order valence-corrected chi connectivity index (χ4v) is 10.7. The summed E-state index contributed by atoms with van der Waals surface area (Å²) in [4.78, 5) is 18.6. The number of hydrogen-bond donors (Lipinski definition) is 2. The van der Waals surface area contributed by atoms with Gasteiger partial charge in [0.15, 0.2) is 11.5 Å². The monoisotopic (exact) mass is 530 g/mol. The first-order valence-corrected chi connectivity index (χ1v) is 15.2. The molecule has 1 aromatic rings. The van der Waals surface area contributed by atoms with Gasteiger partial charge in [0.25, 0.3) is 0 Å². The maximum absolute atomic E-state index is 14.1. The summed E-state index contributed by atoms with van der Waals surface area (Å²) < 4.78 is 0. The first kappa shape index (κ1) is 25.7. The lowest BCUT2D eigenvalue weighted by atomic mass is 9.35. The lowest BCUT2D eigenvalue weighted by molar-refractivity contribution is -0.162. The summed E-state index contributed by atoms with van der Waals surface area (Å²) in [7, 11) is 2.16. The highest BCUT2D eigenvalue weighted by atomic mass is 16.3. The van der Waals surface area contributed by atoms with E-state index in [1.807, 2.05) is 0 Å². The lowest BCUT2D eigenvalue weighted by Gasteiger charge is -2.69. The molecule has 5 fully saturated rings. The molecule has 7 unspecified atom stereocenters. The van der Waals surface area contributed by atoms with Crippen LogP contribution < -0.4 is 10.4 Å². The van der Waals surface area contributed by atoms with E-state index in [4.69, 9.17) is 0 Å². The average Bonchev–Trinajstić information content (AvgIpc) is 3.62. The summed E-state index contributed by atoms with van der Waals surface area (Å²) in [5.41, 5.74) is 2.64. The number of rotatable bonds is 1. The second-order valence-electron chi connectivity index (χ2n) is 15.3. The van der Waals surface area contributed by atoms with Gasteiger partial charge < -0.3 is 20.0 Å². The molecule has 210 valence electrons. The van der Waals surface area contributed by atoms with E-state index in [2.05, 4.69) is 63.3 Å². The fourth-order valence-electron chi connectivity index (χ4n) is 10.7. The Balaban J connectivity index is 1.28. The fraction of sp³-hybridized carbons (Fsp3) is 0.676. The SMILES string of the molecule is C=c1c(O)c(O)cc2c1=CC=C1C2(C)CCC2(C)C3CC4(C(=O)N5CCN(C)CC5)CC4CC3(C)CCC12C. The van der Waals surface area contributed by atoms with Crippen LogP contribution in [0.4, 0.5) is 0 Å².